The van der Waals surface area contributed by atoms with E-state index in [0.717, 1.165) is 0 Å². The highest BCUT2D eigenvalue weighted by Crippen LogP contribution is 2.19. The third-order valence-electron chi connectivity index (χ3n) is 6.51. The number of amides is 1. The number of azo groups is 1. The minimum Gasteiger partial charge on any atom is -0.491 e. The van der Waals surface area contributed by atoms with Gasteiger partial charge in [-0.1, -0.05) is 18.2 Å². The molecule has 0 aliphatic rings. The quantitative estimate of drug-likeness (QED) is 0.0599. The lowest BCUT2D eigenvalue weighted by Gasteiger charge is -2.09. The number of Topliss-reactive ketones (excluding diaryl/α,β-unsaturated/α-hetero) is 1. The molecular weight excluding hydrogens is 682 g/mol. The van der Waals surface area contributed by atoms with Crippen LogP contribution in [0.25, 0.3) is 0 Å². The smallest absolute Gasteiger partial charge is 0.258 e. The van der Waals surface area contributed by atoms with Crippen molar-refractivity contribution < 1.29 is 62.1 Å². The second-order valence-corrected chi connectivity index (χ2v) is 10.7. The van der Waals surface area contributed by atoms with Crippen LogP contribution in [0.1, 0.15) is 6.92 Å². The Labute approximate surface area is 305 Å². The van der Waals surface area contributed by atoms with Gasteiger partial charge in [0, 0.05) is 5.69 Å². The Morgan fingerprint density at radius 1 is 0.558 bits per heavy atom. The molecule has 1 atom stereocenters. The van der Waals surface area contributed by atoms with Crippen LogP contribution in [0.3, 0.4) is 0 Å². The highest BCUT2D eigenvalue weighted by atomic mass is 16.6. The SMILES string of the molecule is CC(=O)C(N=Nc1ccc(OCCOCCOCCOCCOCCOCCOCCOCCOCCOCCO)cc1)C(=O)Nc1ccccc1. The number of benzene rings is 2. The normalized spacial score (nSPS) is 12.0. The summed E-state index contributed by atoms with van der Waals surface area (Å²) in [6, 6.07) is 14.4. The molecule has 2 N–H and O–H groups in total. The highest BCUT2D eigenvalue weighted by Gasteiger charge is 2.23. The second-order valence-electron chi connectivity index (χ2n) is 10.7. The summed E-state index contributed by atoms with van der Waals surface area (Å²) in [4.78, 5) is 24.4. The number of anilines is 1. The predicted octanol–water partition coefficient (Wildman–Crippen LogP) is 2.89. The van der Waals surface area contributed by atoms with Gasteiger partial charge in [0.25, 0.3) is 5.91 Å². The number of carbonyl (C=O) groups is 2. The molecule has 1 unspecified atom stereocenters. The summed E-state index contributed by atoms with van der Waals surface area (Å²) in [6.45, 7) is 9.95. The van der Waals surface area contributed by atoms with Gasteiger partial charge >= 0.3 is 0 Å². The molecule has 0 aliphatic carbocycles. The molecule has 2 rings (SSSR count). The van der Waals surface area contributed by atoms with Crippen LogP contribution in [0.4, 0.5) is 11.4 Å². The Kier molecular flexibility index (Phi) is 27.7. The molecule has 0 heterocycles. The molecule has 1 amide bonds. The molecule has 16 heteroatoms. The Bertz CT molecular complexity index is 1180. The van der Waals surface area contributed by atoms with E-state index in [0.29, 0.717) is 143 Å². The summed E-state index contributed by atoms with van der Waals surface area (Å²) in [5.74, 6) is -0.332. The molecular formula is C36H55N3O13. The number of rotatable bonds is 35. The van der Waals surface area contributed by atoms with Gasteiger partial charge in [-0.2, -0.15) is 10.2 Å². The average molecular weight is 738 g/mol. The van der Waals surface area contributed by atoms with Crippen molar-refractivity contribution in [3.05, 3.63) is 54.6 Å². The number of carbonyl (C=O) groups excluding carboxylic acids is 2. The molecule has 0 fully saturated rings. The second kappa shape index (κ2) is 32.2. The first-order valence-corrected chi connectivity index (χ1v) is 17.4. The van der Waals surface area contributed by atoms with Crippen molar-refractivity contribution in [1.29, 1.82) is 0 Å². The van der Waals surface area contributed by atoms with E-state index in [1.165, 1.54) is 6.92 Å². The number of ketones is 1. The van der Waals surface area contributed by atoms with E-state index in [2.05, 4.69) is 15.5 Å². The van der Waals surface area contributed by atoms with E-state index in [9.17, 15) is 9.59 Å². The lowest BCUT2D eigenvalue weighted by molar-refractivity contribution is -0.126. The zero-order valence-electron chi connectivity index (χ0n) is 30.2. The lowest BCUT2D eigenvalue weighted by Crippen LogP contribution is -2.31. The summed E-state index contributed by atoms with van der Waals surface area (Å²) in [5.41, 5.74) is 1.06. The molecule has 0 radical (unpaired) electrons. The first kappa shape index (κ1) is 44.7. The molecule has 0 aromatic heterocycles. The molecule has 292 valence electrons. The van der Waals surface area contributed by atoms with E-state index < -0.39 is 17.7 Å². The van der Waals surface area contributed by atoms with Crippen LogP contribution in [0.5, 0.6) is 5.75 Å². The number of ether oxygens (including phenoxy) is 10. The molecule has 0 saturated heterocycles. The Hall–Kier alpha value is -3.42. The van der Waals surface area contributed by atoms with Gasteiger partial charge in [-0.3, -0.25) is 9.59 Å². The first-order valence-electron chi connectivity index (χ1n) is 17.4. The van der Waals surface area contributed by atoms with Crippen molar-refractivity contribution >= 4 is 23.1 Å². The molecule has 52 heavy (non-hydrogen) atoms. The van der Waals surface area contributed by atoms with Crippen molar-refractivity contribution in [1.82, 2.24) is 0 Å². The summed E-state index contributed by atoms with van der Waals surface area (Å²) < 4.78 is 54.4. The number of hydrogen-bond donors (Lipinski definition) is 2. The van der Waals surface area contributed by atoms with Gasteiger partial charge in [-0.15, -0.1) is 0 Å². The van der Waals surface area contributed by atoms with Crippen LogP contribution >= 0.6 is 0 Å². The van der Waals surface area contributed by atoms with Crippen LogP contribution in [0.2, 0.25) is 0 Å². The minimum atomic E-state index is -1.24. The fourth-order valence-corrected chi connectivity index (χ4v) is 3.93. The summed E-state index contributed by atoms with van der Waals surface area (Å²) >= 11 is 0. The van der Waals surface area contributed by atoms with Gasteiger partial charge in [0.2, 0.25) is 6.04 Å². The molecule has 2 aromatic carbocycles. The number of aliphatic hydroxyl groups is 1. The van der Waals surface area contributed by atoms with Crippen molar-refractivity contribution in [3.8, 4) is 5.75 Å². The standard InChI is InChI=1S/C36H55N3O13/c1-31(41)35(36(42)37-32-5-3-2-4-6-32)39-38-33-7-9-34(10-8-33)52-30-29-51-28-27-50-26-25-49-24-23-48-22-21-47-20-19-46-18-17-45-16-15-44-14-13-43-12-11-40/h2-10,35,40H,11-30H2,1H3,(H,37,42). The van der Waals surface area contributed by atoms with Gasteiger partial charge < -0.3 is 57.8 Å². The fourth-order valence-electron chi connectivity index (χ4n) is 3.93. The molecule has 0 bridgehead atoms. The van der Waals surface area contributed by atoms with Crippen molar-refractivity contribution in [2.45, 2.75) is 13.0 Å². The number of nitrogens with one attached hydrogen (secondary N) is 1. The van der Waals surface area contributed by atoms with Crippen LogP contribution < -0.4 is 10.1 Å². The minimum absolute atomic E-state index is 0.0161. The zero-order valence-corrected chi connectivity index (χ0v) is 30.2. The monoisotopic (exact) mass is 737 g/mol. The van der Waals surface area contributed by atoms with E-state index in [-0.39, 0.29) is 6.61 Å². The molecule has 16 nitrogen and oxygen atoms in total. The summed E-state index contributed by atoms with van der Waals surface area (Å²) in [6.07, 6.45) is 0. The maximum Gasteiger partial charge on any atom is 0.258 e. The lowest BCUT2D eigenvalue weighted by atomic mass is 10.2. The predicted molar refractivity (Wildman–Crippen MR) is 190 cm³/mol. The van der Waals surface area contributed by atoms with Crippen molar-refractivity contribution in [3.63, 3.8) is 0 Å². The zero-order chi connectivity index (χ0) is 37.2. The van der Waals surface area contributed by atoms with E-state index in [4.69, 9.17) is 52.5 Å². The largest absolute Gasteiger partial charge is 0.491 e. The van der Waals surface area contributed by atoms with Gasteiger partial charge in [-0.25, -0.2) is 0 Å². The fraction of sp³-hybridized carbons (Fsp3) is 0.611. The van der Waals surface area contributed by atoms with Crippen molar-refractivity contribution in [2.75, 3.05) is 137 Å². The maximum atomic E-state index is 12.5. The number of nitrogens with zero attached hydrogens (tertiary/aromatic N) is 2. The maximum absolute atomic E-state index is 12.5. The number of para-hydroxylation sites is 1. The number of aliphatic hydroxyl groups excluding tert-OH is 1. The Balaban J connectivity index is 1.32. The Morgan fingerprint density at radius 3 is 1.33 bits per heavy atom. The highest BCUT2D eigenvalue weighted by molar-refractivity contribution is 6.10. The van der Waals surface area contributed by atoms with Gasteiger partial charge in [-0.05, 0) is 43.3 Å². The Morgan fingerprint density at radius 2 is 0.942 bits per heavy atom. The van der Waals surface area contributed by atoms with E-state index in [1.807, 2.05) is 6.07 Å². The van der Waals surface area contributed by atoms with Crippen LogP contribution in [0, 0.1) is 0 Å². The molecule has 0 spiro atoms. The summed E-state index contributed by atoms with van der Waals surface area (Å²) in [7, 11) is 0. The van der Waals surface area contributed by atoms with Crippen LogP contribution in [-0.2, 0) is 52.2 Å². The van der Waals surface area contributed by atoms with Crippen molar-refractivity contribution in [2.24, 2.45) is 10.2 Å². The topological polar surface area (TPSA) is 183 Å². The van der Waals surface area contributed by atoms with Crippen LogP contribution in [0.15, 0.2) is 64.8 Å². The van der Waals surface area contributed by atoms with Gasteiger partial charge in [0.05, 0.1) is 131 Å². The van der Waals surface area contributed by atoms with E-state index >= 15 is 0 Å². The van der Waals surface area contributed by atoms with Gasteiger partial charge in [0.15, 0.2) is 5.78 Å². The van der Waals surface area contributed by atoms with E-state index in [1.54, 1.807) is 48.5 Å². The molecule has 2 aromatic rings. The molecule has 0 saturated carbocycles. The third kappa shape index (κ3) is 24.7. The first-order chi connectivity index (χ1) is 25.6. The third-order valence-corrected chi connectivity index (χ3v) is 6.51. The van der Waals surface area contributed by atoms with Gasteiger partial charge in [0.1, 0.15) is 12.4 Å². The number of hydrogen-bond acceptors (Lipinski definition) is 15. The summed E-state index contributed by atoms with van der Waals surface area (Å²) in [5, 5.41) is 19.3. The average Bonchev–Trinajstić information content (AvgIpc) is 3.15. The van der Waals surface area contributed by atoms with Crippen LogP contribution in [-0.4, -0.2) is 155 Å². The molecule has 0 aliphatic heterocycles.